The molecular formula is C21H22F2N6O. The summed E-state index contributed by atoms with van der Waals surface area (Å²) in [5.74, 6) is 1.59. The van der Waals surface area contributed by atoms with Gasteiger partial charge in [-0.25, -0.2) is 18.7 Å². The molecule has 0 amide bonds. The Morgan fingerprint density at radius 1 is 1.17 bits per heavy atom. The van der Waals surface area contributed by atoms with E-state index < -0.39 is 11.6 Å². The molecule has 2 aromatic heterocycles. The van der Waals surface area contributed by atoms with Crippen LogP contribution in [-0.2, 0) is 0 Å². The van der Waals surface area contributed by atoms with Gasteiger partial charge in [0.2, 0.25) is 5.75 Å². The van der Waals surface area contributed by atoms with Gasteiger partial charge >= 0.3 is 0 Å². The number of methoxy groups -OCH3 is 1. The van der Waals surface area contributed by atoms with Crippen LogP contribution in [0.1, 0.15) is 48.9 Å². The lowest BCUT2D eigenvalue weighted by Gasteiger charge is -2.28. The lowest BCUT2D eigenvalue weighted by Crippen LogP contribution is -2.25. The fourth-order valence-electron chi connectivity index (χ4n) is 4.09. The van der Waals surface area contributed by atoms with Crippen LogP contribution in [0.15, 0.2) is 30.6 Å². The summed E-state index contributed by atoms with van der Waals surface area (Å²) in [6.45, 7) is 0.683. The SMILES string of the molecule is COc1c(Nc2cc(C3CC3)[nH]n2)ncnc1N1CCCC1c1ccc(F)cc1F. The van der Waals surface area contributed by atoms with E-state index >= 15 is 0 Å². The number of nitrogens with zero attached hydrogens (tertiary/aromatic N) is 4. The van der Waals surface area contributed by atoms with Gasteiger partial charge in [0.25, 0.3) is 0 Å². The van der Waals surface area contributed by atoms with E-state index in [1.165, 1.54) is 31.3 Å². The maximum atomic E-state index is 14.5. The minimum Gasteiger partial charge on any atom is -0.490 e. The number of rotatable bonds is 6. The Balaban J connectivity index is 1.46. The maximum Gasteiger partial charge on any atom is 0.204 e. The number of nitrogens with one attached hydrogen (secondary N) is 2. The predicted molar refractivity (Wildman–Crippen MR) is 108 cm³/mol. The molecule has 9 heteroatoms. The Morgan fingerprint density at radius 3 is 2.80 bits per heavy atom. The second-order valence-electron chi connectivity index (χ2n) is 7.70. The molecule has 3 aromatic rings. The number of aromatic amines is 1. The normalized spacial score (nSPS) is 18.6. The van der Waals surface area contributed by atoms with Crippen LogP contribution in [0, 0.1) is 11.6 Å². The minimum absolute atomic E-state index is 0.255. The van der Waals surface area contributed by atoms with Crippen molar-refractivity contribution in [2.24, 2.45) is 0 Å². The summed E-state index contributed by atoms with van der Waals surface area (Å²) >= 11 is 0. The molecule has 1 saturated heterocycles. The summed E-state index contributed by atoms with van der Waals surface area (Å²) in [5.41, 5.74) is 1.56. The molecule has 1 aromatic carbocycles. The van der Waals surface area contributed by atoms with Gasteiger partial charge in [0.05, 0.1) is 13.2 Å². The second-order valence-corrected chi connectivity index (χ2v) is 7.70. The van der Waals surface area contributed by atoms with Gasteiger partial charge in [-0.15, -0.1) is 0 Å². The van der Waals surface area contributed by atoms with Gasteiger partial charge in [0, 0.05) is 35.9 Å². The van der Waals surface area contributed by atoms with Crippen LogP contribution in [0.5, 0.6) is 5.75 Å². The lowest BCUT2D eigenvalue weighted by atomic mass is 10.0. The molecule has 3 heterocycles. The molecule has 156 valence electrons. The van der Waals surface area contributed by atoms with Crippen molar-refractivity contribution >= 4 is 17.5 Å². The Bertz CT molecular complexity index is 1070. The van der Waals surface area contributed by atoms with E-state index in [0.717, 1.165) is 24.6 Å². The number of ether oxygens (including phenoxy) is 1. The van der Waals surface area contributed by atoms with Crippen molar-refractivity contribution in [1.82, 2.24) is 20.2 Å². The van der Waals surface area contributed by atoms with E-state index in [1.807, 2.05) is 11.0 Å². The van der Waals surface area contributed by atoms with Crippen LogP contribution < -0.4 is 15.0 Å². The summed E-state index contributed by atoms with van der Waals surface area (Å²) in [5, 5.41) is 10.6. The number of hydrogen-bond acceptors (Lipinski definition) is 6. The summed E-state index contributed by atoms with van der Waals surface area (Å²) in [6, 6.07) is 5.43. The van der Waals surface area contributed by atoms with Crippen LogP contribution in [0.2, 0.25) is 0 Å². The minimum atomic E-state index is -0.587. The van der Waals surface area contributed by atoms with Crippen LogP contribution in [0.25, 0.3) is 0 Å². The Labute approximate surface area is 172 Å². The summed E-state index contributed by atoms with van der Waals surface area (Å²) in [4.78, 5) is 10.7. The maximum absolute atomic E-state index is 14.5. The first-order valence-electron chi connectivity index (χ1n) is 10.1. The smallest absolute Gasteiger partial charge is 0.204 e. The Kier molecular flexibility index (Phi) is 4.72. The third-order valence-corrected chi connectivity index (χ3v) is 5.70. The number of anilines is 3. The molecule has 5 rings (SSSR count). The molecule has 7 nitrogen and oxygen atoms in total. The van der Waals surface area contributed by atoms with Gasteiger partial charge in [-0.05, 0) is 31.7 Å². The van der Waals surface area contributed by atoms with Gasteiger partial charge in [0.1, 0.15) is 18.0 Å². The van der Waals surface area contributed by atoms with Gasteiger partial charge < -0.3 is 15.0 Å². The number of H-pyrrole nitrogens is 1. The topological polar surface area (TPSA) is 79.0 Å². The van der Waals surface area contributed by atoms with Crippen LogP contribution >= 0.6 is 0 Å². The van der Waals surface area contributed by atoms with E-state index in [4.69, 9.17) is 4.74 Å². The van der Waals surface area contributed by atoms with Gasteiger partial charge in [0.15, 0.2) is 17.5 Å². The quantitative estimate of drug-likeness (QED) is 0.623. The van der Waals surface area contributed by atoms with Crippen molar-refractivity contribution in [2.45, 2.75) is 37.6 Å². The fraction of sp³-hybridized carbons (Fsp3) is 0.381. The molecule has 0 spiro atoms. The molecule has 1 unspecified atom stereocenters. The Morgan fingerprint density at radius 2 is 2.03 bits per heavy atom. The summed E-state index contributed by atoms with van der Waals surface area (Å²) in [6.07, 6.45) is 5.41. The molecule has 0 radical (unpaired) electrons. The molecule has 1 aliphatic carbocycles. The van der Waals surface area contributed by atoms with E-state index in [9.17, 15) is 8.78 Å². The van der Waals surface area contributed by atoms with Crippen molar-refractivity contribution in [3.8, 4) is 5.75 Å². The van der Waals surface area contributed by atoms with Crippen molar-refractivity contribution in [3.05, 3.63) is 53.5 Å². The van der Waals surface area contributed by atoms with Crippen molar-refractivity contribution in [1.29, 1.82) is 0 Å². The van der Waals surface area contributed by atoms with Crippen LogP contribution in [-0.4, -0.2) is 33.8 Å². The summed E-state index contributed by atoms with van der Waals surface area (Å²) in [7, 11) is 1.55. The van der Waals surface area contributed by atoms with E-state index in [-0.39, 0.29) is 6.04 Å². The highest BCUT2D eigenvalue weighted by Crippen LogP contribution is 2.43. The van der Waals surface area contributed by atoms with Crippen LogP contribution in [0.3, 0.4) is 0 Å². The highest BCUT2D eigenvalue weighted by Gasteiger charge is 2.32. The van der Waals surface area contributed by atoms with Crippen LogP contribution in [0.4, 0.5) is 26.2 Å². The highest BCUT2D eigenvalue weighted by atomic mass is 19.1. The first-order chi connectivity index (χ1) is 14.6. The lowest BCUT2D eigenvalue weighted by molar-refractivity contribution is 0.411. The first-order valence-corrected chi connectivity index (χ1v) is 10.1. The van der Waals surface area contributed by atoms with Crippen molar-refractivity contribution in [2.75, 3.05) is 23.9 Å². The zero-order chi connectivity index (χ0) is 20.7. The van der Waals surface area contributed by atoms with Gasteiger partial charge in [-0.3, -0.25) is 5.10 Å². The van der Waals surface area contributed by atoms with Crippen molar-refractivity contribution in [3.63, 3.8) is 0 Å². The van der Waals surface area contributed by atoms with Crippen molar-refractivity contribution < 1.29 is 13.5 Å². The molecular weight excluding hydrogens is 390 g/mol. The monoisotopic (exact) mass is 412 g/mol. The molecule has 2 N–H and O–H groups in total. The molecule has 1 atom stereocenters. The van der Waals surface area contributed by atoms with Gasteiger partial charge in [-0.1, -0.05) is 6.07 Å². The third kappa shape index (κ3) is 3.44. The zero-order valence-electron chi connectivity index (χ0n) is 16.5. The van der Waals surface area contributed by atoms with E-state index in [0.29, 0.717) is 41.2 Å². The van der Waals surface area contributed by atoms with Gasteiger partial charge in [-0.2, -0.15) is 5.10 Å². The third-order valence-electron chi connectivity index (χ3n) is 5.70. The molecule has 1 aliphatic heterocycles. The second kappa shape index (κ2) is 7.55. The Hall–Kier alpha value is -3.23. The largest absolute Gasteiger partial charge is 0.490 e. The standard InChI is InChI=1S/C21H22F2N6O/c1-30-19-20(26-18-10-16(27-28-18)12-4-5-12)24-11-25-21(19)29-8-2-3-17(29)14-7-6-13(22)9-15(14)23/h6-7,9-12,17H,2-5,8H2,1H3,(H2,24,25,26,27,28). The first kappa shape index (κ1) is 18.8. The highest BCUT2D eigenvalue weighted by molar-refractivity contribution is 5.69. The number of benzene rings is 1. The number of hydrogen-bond donors (Lipinski definition) is 2. The average molecular weight is 412 g/mol. The predicted octanol–water partition coefficient (Wildman–Crippen LogP) is 4.45. The molecule has 0 bridgehead atoms. The average Bonchev–Trinajstić information content (AvgIpc) is 3.29. The fourth-order valence-corrected chi connectivity index (χ4v) is 4.09. The molecule has 2 aliphatic rings. The summed E-state index contributed by atoms with van der Waals surface area (Å²) < 4.78 is 33.5. The zero-order valence-corrected chi connectivity index (χ0v) is 16.5. The number of aromatic nitrogens is 4. The molecule has 1 saturated carbocycles. The van der Waals surface area contributed by atoms with E-state index in [1.54, 1.807) is 7.11 Å². The van der Waals surface area contributed by atoms with E-state index in [2.05, 4.69) is 25.5 Å². The molecule has 30 heavy (non-hydrogen) atoms. The molecule has 2 fully saturated rings. The number of halogens is 2.